The Balaban J connectivity index is 1.91. The van der Waals surface area contributed by atoms with Crippen LogP contribution < -0.4 is 16.4 Å². The third-order valence-corrected chi connectivity index (χ3v) is 3.85. The van der Waals surface area contributed by atoms with Crippen LogP contribution in [0.25, 0.3) is 0 Å². The van der Waals surface area contributed by atoms with Gasteiger partial charge < -0.3 is 16.4 Å². The van der Waals surface area contributed by atoms with Crippen LogP contribution in [0.15, 0.2) is 0 Å². The molecule has 2 aliphatic rings. The molecule has 0 saturated carbocycles. The van der Waals surface area contributed by atoms with Gasteiger partial charge in [0.05, 0.1) is 0 Å². The predicted molar refractivity (Wildman–Crippen MR) is 59.1 cm³/mol. The van der Waals surface area contributed by atoms with Crippen molar-refractivity contribution >= 4 is 0 Å². The average Bonchev–Trinajstić information content (AvgIpc) is 2.18. The molecule has 0 aromatic heterocycles. The lowest BCUT2D eigenvalue weighted by molar-refractivity contribution is 0.172. The first kappa shape index (κ1) is 10.4. The van der Waals surface area contributed by atoms with E-state index in [1.54, 1.807) is 0 Å². The second-order valence-corrected chi connectivity index (χ2v) is 4.96. The van der Waals surface area contributed by atoms with Crippen LogP contribution in [-0.4, -0.2) is 31.7 Å². The number of rotatable bonds is 1. The highest BCUT2D eigenvalue weighted by Gasteiger charge is 2.31. The lowest BCUT2D eigenvalue weighted by Crippen LogP contribution is -2.51. The van der Waals surface area contributed by atoms with Gasteiger partial charge in [0, 0.05) is 12.1 Å². The molecule has 0 aromatic rings. The maximum absolute atomic E-state index is 6.19. The fourth-order valence-electron chi connectivity index (χ4n) is 2.98. The standard InChI is InChI=1S/C11H23N3/c1-8-6-9(2-5-14-8)10-7-13-4-3-11(10)12/h8-11,13-14H,2-7,12H2,1H3. The summed E-state index contributed by atoms with van der Waals surface area (Å²) >= 11 is 0. The molecule has 0 radical (unpaired) electrons. The van der Waals surface area contributed by atoms with Gasteiger partial charge in [-0.3, -0.25) is 0 Å². The smallest absolute Gasteiger partial charge is 0.00940 e. The summed E-state index contributed by atoms with van der Waals surface area (Å²) in [7, 11) is 0. The molecular formula is C11H23N3. The van der Waals surface area contributed by atoms with E-state index in [0.717, 1.165) is 25.4 Å². The van der Waals surface area contributed by atoms with Crippen molar-refractivity contribution in [2.24, 2.45) is 17.6 Å². The third kappa shape index (κ3) is 2.27. The zero-order chi connectivity index (χ0) is 9.97. The van der Waals surface area contributed by atoms with Crippen LogP contribution in [0.2, 0.25) is 0 Å². The van der Waals surface area contributed by atoms with Crippen LogP contribution in [0.3, 0.4) is 0 Å². The van der Waals surface area contributed by atoms with E-state index in [9.17, 15) is 0 Å². The van der Waals surface area contributed by atoms with Crippen molar-refractivity contribution in [2.45, 2.75) is 38.3 Å². The molecule has 3 heteroatoms. The van der Waals surface area contributed by atoms with Gasteiger partial charge in [-0.05, 0) is 57.7 Å². The number of nitrogens with two attached hydrogens (primary N) is 1. The van der Waals surface area contributed by atoms with Crippen molar-refractivity contribution in [1.82, 2.24) is 10.6 Å². The lowest BCUT2D eigenvalue weighted by atomic mass is 9.76. The summed E-state index contributed by atoms with van der Waals surface area (Å²) in [5.74, 6) is 1.56. The number of piperidine rings is 2. The molecule has 2 aliphatic heterocycles. The van der Waals surface area contributed by atoms with Crippen molar-refractivity contribution in [3.8, 4) is 0 Å². The Hall–Kier alpha value is -0.120. The van der Waals surface area contributed by atoms with Gasteiger partial charge >= 0.3 is 0 Å². The van der Waals surface area contributed by atoms with Crippen LogP contribution >= 0.6 is 0 Å². The van der Waals surface area contributed by atoms with Crippen molar-refractivity contribution in [1.29, 1.82) is 0 Å². The summed E-state index contributed by atoms with van der Waals surface area (Å²) in [6, 6.07) is 1.12. The summed E-state index contributed by atoms with van der Waals surface area (Å²) in [5, 5.41) is 6.98. The number of hydrogen-bond donors (Lipinski definition) is 3. The molecule has 2 saturated heterocycles. The molecule has 4 N–H and O–H groups in total. The minimum absolute atomic E-state index is 0.437. The van der Waals surface area contributed by atoms with E-state index in [2.05, 4.69) is 17.6 Å². The summed E-state index contributed by atoms with van der Waals surface area (Å²) < 4.78 is 0. The quantitative estimate of drug-likeness (QED) is 0.567. The molecule has 4 atom stereocenters. The lowest BCUT2D eigenvalue weighted by Gasteiger charge is -2.39. The molecule has 4 unspecified atom stereocenters. The minimum atomic E-state index is 0.437. The van der Waals surface area contributed by atoms with Gasteiger partial charge in [-0.2, -0.15) is 0 Å². The van der Waals surface area contributed by atoms with E-state index >= 15 is 0 Å². The van der Waals surface area contributed by atoms with Crippen LogP contribution in [0.4, 0.5) is 0 Å². The zero-order valence-corrected chi connectivity index (χ0v) is 9.13. The van der Waals surface area contributed by atoms with Gasteiger partial charge in [0.15, 0.2) is 0 Å². The first-order valence-corrected chi connectivity index (χ1v) is 5.97. The SMILES string of the molecule is CC1CC(C2CNCCC2N)CCN1. The highest BCUT2D eigenvalue weighted by Crippen LogP contribution is 2.28. The van der Waals surface area contributed by atoms with Crippen LogP contribution in [0, 0.1) is 11.8 Å². The molecule has 0 aliphatic carbocycles. The largest absolute Gasteiger partial charge is 0.327 e. The van der Waals surface area contributed by atoms with Crippen molar-refractivity contribution in [3.05, 3.63) is 0 Å². The van der Waals surface area contributed by atoms with E-state index in [1.807, 2.05) is 0 Å². The van der Waals surface area contributed by atoms with E-state index in [1.165, 1.54) is 19.4 Å². The number of hydrogen-bond acceptors (Lipinski definition) is 3. The molecule has 0 aromatic carbocycles. The molecule has 82 valence electrons. The Bertz CT molecular complexity index is 183. The van der Waals surface area contributed by atoms with E-state index in [0.29, 0.717) is 18.0 Å². The van der Waals surface area contributed by atoms with Crippen LogP contribution in [0.1, 0.15) is 26.2 Å². The molecule has 0 spiro atoms. The second-order valence-electron chi connectivity index (χ2n) is 4.96. The molecule has 2 fully saturated rings. The average molecular weight is 197 g/mol. The van der Waals surface area contributed by atoms with Gasteiger partial charge in [0.2, 0.25) is 0 Å². The maximum Gasteiger partial charge on any atom is 0.00940 e. The summed E-state index contributed by atoms with van der Waals surface area (Å²) in [5.41, 5.74) is 6.19. The summed E-state index contributed by atoms with van der Waals surface area (Å²) in [6.45, 7) is 5.71. The van der Waals surface area contributed by atoms with Gasteiger partial charge in [-0.15, -0.1) is 0 Å². The Kier molecular flexibility index (Phi) is 3.42. The minimum Gasteiger partial charge on any atom is -0.327 e. The fraction of sp³-hybridized carbons (Fsp3) is 1.00. The van der Waals surface area contributed by atoms with Gasteiger partial charge in [0.25, 0.3) is 0 Å². The summed E-state index contributed by atoms with van der Waals surface area (Å²) in [6.07, 6.45) is 3.77. The molecule has 0 amide bonds. The van der Waals surface area contributed by atoms with Gasteiger partial charge in [-0.25, -0.2) is 0 Å². The normalized spacial score (nSPS) is 45.0. The van der Waals surface area contributed by atoms with Crippen molar-refractivity contribution < 1.29 is 0 Å². The number of nitrogens with one attached hydrogen (secondary N) is 2. The maximum atomic E-state index is 6.19. The highest BCUT2D eigenvalue weighted by atomic mass is 14.9. The zero-order valence-electron chi connectivity index (χ0n) is 9.13. The molecule has 14 heavy (non-hydrogen) atoms. The molecule has 3 nitrogen and oxygen atoms in total. The molecular weight excluding hydrogens is 174 g/mol. The molecule has 2 heterocycles. The van der Waals surface area contributed by atoms with Crippen LogP contribution in [-0.2, 0) is 0 Å². The Morgan fingerprint density at radius 2 is 2.07 bits per heavy atom. The summed E-state index contributed by atoms with van der Waals surface area (Å²) in [4.78, 5) is 0. The van der Waals surface area contributed by atoms with Gasteiger partial charge in [-0.1, -0.05) is 0 Å². The molecule has 0 bridgehead atoms. The van der Waals surface area contributed by atoms with E-state index in [4.69, 9.17) is 5.73 Å². The van der Waals surface area contributed by atoms with Crippen LogP contribution in [0.5, 0.6) is 0 Å². The fourth-order valence-corrected chi connectivity index (χ4v) is 2.98. The topological polar surface area (TPSA) is 50.1 Å². The third-order valence-electron chi connectivity index (χ3n) is 3.85. The van der Waals surface area contributed by atoms with Crippen molar-refractivity contribution in [2.75, 3.05) is 19.6 Å². The predicted octanol–water partition coefficient (Wildman–Crippen LogP) is 0.311. The Morgan fingerprint density at radius 3 is 2.79 bits per heavy atom. The van der Waals surface area contributed by atoms with Gasteiger partial charge in [0.1, 0.15) is 0 Å². The monoisotopic (exact) mass is 197 g/mol. The molecule has 2 rings (SSSR count). The first-order valence-electron chi connectivity index (χ1n) is 5.97. The Labute approximate surface area is 86.8 Å². The highest BCUT2D eigenvalue weighted by molar-refractivity contribution is 4.89. The second kappa shape index (κ2) is 4.60. The van der Waals surface area contributed by atoms with E-state index in [-0.39, 0.29) is 0 Å². The first-order chi connectivity index (χ1) is 6.77. The van der Waals surface area contributed by atoms with Crippen molar-refractivity contribution in [3.63, 3.8) is 0 Å². The van der Waals surface area contributed by atoms with E-state index < -0.39 is 0 Å². The Morgan fingerprint density at radius 1 is 1.21 bits per heavy atom.